The molecule has 5 heteroatoms. The van der Waals surface area contributed by atoms with Crippen molar-refractivity contribution in [3.63, 3.8) is 0 Å². The summed E-state index contributed by atoms with van der Waals surface area (Å²) < 4.78 is 18.9. The molecule has 0 saturated carbocycles. The molecule has 2 heterocycles. The van der Waals surface area contributed by atoms with Gasteiger partial charge in [0, 0.05) is 6.20 Å². The molecule has 0 radical (unpaired) electrons. The van der Waals surface area contributed by atoms with Gasteiger partial charge in [0.25, 0.3) is 0 Å². The Bertz CT molecular complexity index is 693. The second kappa shape index (κ2) is 3.55. The fraction of sp³-hybridized carbons (Fsp3) is 0. The van der Waals surface area contributed by atoms with Crippen molar-refractivity contribution < 1.29 is 8.81 Å². The molecule has 17 heavy (non-hydrogen) atoms. The molecule has 0 aliphatic heterocycles. The van der Waals surface area contributed by atoms with Crippen molar-refractivity contribution in [2.24, 2.45) is 0 Å². The fourth-order valence-electron chi connectivity index (χ4n) is 1.60. The Morgan fingerprint density at radius 1 is 1.18 bits per heavy atom. The minimum Gasteiger partial charge on any atom is -0.417 e. The minimum absolute atomic E-state index is 0.184. The van der Waals surface area contributed by atoms with Gasteiger partial charge in [-0.25, -0.2) is 14.4 Å². The number of benzene rings is 1. The number of aromatic nitrogens is 2. The molecular formula is C12H8FN3O. The predicted octanol–water partition coefficient (Wildman–Crippen LogP) is 2.61. The lowest BCUT2D eigenvalue weighted by atomic mass is 10.2. The number of pyridine rings is 1. The van der Waals surface area contributed by atoms with Crippen LogP contribution in [0.2, 0.25) is 0 Å². The van der Waals surface area contributed by atoms with Gasteiger partial charge >= 0.3 is 0 Å². The van der Waals surface area contributed by atoms with E-state index in [-0.39, 0.29) is 5.89 Å². The zero-order valence-corrected chi connectivity index (χ0v) is 8.72. The van der Waals surface area contributed by atoms with E-state index in [1.165, 1.54) is 12.3 Å². The molecule has 0 aliphatic rings. The molecule has 1 aromatic carbocycles. The summed E-state index contributed by atoms with van der Waals surface area (Å²) in [6.45, 7) is 0. The van der Waals surface area contributed by atoms with E-state index in [2.05, 4.69) is 9.97 Å². The van der Waals surface area contributed by atoms with Crippen LogP contribution in [0, 0.1) is 5.82 Å². The van der Waals surface area contributed by atoms with Crippen molar-refractivity contribution in [3.05, 3.63) is 42.3 Å². The second-order valence-corrected chi connectivity index (χ2v) is 3.55. The van der Waals surface area contributed by atoms with Crippen molar-refractivity contribution in [1.82, 2.24) is 9.97 Å². The average Bonchev–Trinajstić information content (AvgIpc) is 2.75. The third kappa shape index (κ3) is 1.52. The first-order valence-electron chi connectivity index (χ1n) is 5.01. The molecule has 0 unspecified atom stereocenters. The Morgan fingerprint density at radius 3 is 2.76 bits per heavy atom. The first-order valence-corrected chi connectivity index (χ1v) is 5.01. The van der Waals surface area contributed by atoms with Crippen LogP contribution >= 0.6 is 0 Å². The van der Waals surface area contributed by atoms with Gasteiger partial charge in [-0.05, 0) is 18.2 Å². The highest BCUT2D eigenvalue weighted by molar-refractivity contribution is 5.84. The number of rotatable bonds is 1. The summed E-state index contributed by atoms with van der Waals surface area (Å²) in [6, 6.07) is 7.88. The summed E-state index contributed by atoms with van der Waals surface area (Å²) in [6.07, 6.45) is 1.52. The normalized spacial score (nSPS) is 10.9. The van der Waals surface area contributed by atoms with Gasteiger partial charge in [0.1, 0.15) is 5.82 Å². The van der Waals surface area contributed by atoms with Gasteiger partial charge in [-0.3, -0.25) is 0 Å². The third-order valence-corrected chi connectivity index (χ3v) is 2.43. The number of oxazole rings is 1. The first-order chi connectivity index (χ1) is 8.25. The Labute approximate surface area is 95.9 Å². The van der Waals surface area contributed by atoms with Crippen LogP contribution in [0.15, 0.2) is 40.9 Å². The number of fused-ring (bicyclic) bond motifs is 1. The van der Waals surface area contributed by atoms with Crippen LogP contribution < -0.4 is 5.73 Å². The topological polar surface area (TPSA) is 64.9 Å². The van der Waals surface area contributed by atoms with Crippen LogP contribution in [0.5, 0.6) is 0 Å². The molecule has 0 spiro atoms. The number of anilines is 1. The zero-order valence-electron chi connectivity index (χ0n) is 8.72. The van der Waals surface area contributed by atoms with E-state index in [1.807, 2.05) is 0 Å². The van der Waals surface area contributed by atoms with Gasteiger partial charge in [0.15, 0.2) is 5.52 Å². The molecule has 0 bridgehead atoms. The molecule has 0 atom stereocenters. The summed E-state index contributed by atoms with van der Waals surface area (Å²) in [5, 5.41) is 0. The average molecular weight is 229 g/mol. The number of nitrogens with zero attached hydrogens (tertiary/aromatic N) is 2. The number of nitrogen functional groups attached to an aromatic ring is 1. The van der Waals surface area contributed by atoms with Gasteiger partial charge in [-0.15, -0.1) is 0 Å². The van der Waals surface area contributed by atoms with Crippen molar-refractivity contribution >= 4 is 16.9 Å². The lowest BCUT2D eigenvalue weighted by molar-refractivity contribution is 0.587. The summed E-state index contributed by atoms with van der Waals surface area (Å²) >= 11 is 0. The maximum Gasteiger partial charge on any atom is 0.249 e. The summed E-state index contributed by atoms with van der Waals surface area (Å²) in [4.78, 5) is 8.14. The van der Waals surface area contributed by atoms with Gasteiger partial charge in [-0.2, -0.15) is 0 Å². The standard InChI is InChI=1S/C12H8FN3O/c13-8-4-2-1-3-7(8)11-16-10-9(14)5-6-15-12(10)17-11/h1-6H,(H2,14,15). The zero-order chi connectivity index (χ0) is 11.8. The van der Waals surface area contributed by atoms with Gasteiger partial charge in [-0.1, -0.05) is 12.1 Å². The number of nitrogens with two attached hydrogens (primary N) is 1. The molecule has 84 valence electrons. The van der Waals surface area contributed by atoms with E-state index < -0.39 is 5.82 Å². The van der Waals surface area contributed by atoms with Gasteiger partial charge < -0.3 is 10.2 Å². The minimum atomic E-state index is -0.391. The van der Waals surface area contributed by atoms with Crippen molar-refractivity contribution in [2.45, 2.75) is 0 Å². The van der Waals surface area contributed by atoms with Crippen LogP contribution in [0.1, 0.15) is 0 Å². The quantitative estimate of drug-likeness (QED) is 0.696. The third-order valence-electron chi connectivity index (χ3n) is 2.43. The van der Waals surface area contributed by atoms with Crippen LogP contribution in [0.25, 0.3) is 22.7 Å². The van der Waals surface area contributed by atoms with Crippen molar-refractivity contribution in [3.8, 4) is 11.5 Å². The van der Waals surface area contributed by atoms with Crippen LogP contribution in [0.3, 0.4) is 0 Å². The Hall–Kier alpha value is -2.43. The van der Waals surface area contributed by atoms with E-state index in [0.29, 0.717) is 22.5 Å². The highest BCUT2D eigenvalue weighted by atomic mass is 19.1. The maximum absolute atomic E-state index is 13.6. The SMILES string of the molecule is Nc1ccnc2oc(-c3ccccc3F)nc12. The van der Waals surface area contributed by atoms with Gasteiger partial charge in [0.05, 0.1) is 11.3 Å². The van der Waals surface area contributed by atoms with E-state index in [9.17, 15) is 4.39 Å². The predicted molar refractivity (Wildman–Crippen MR) is 61.6 cm³/mol. The Kier molecular flexibility index (Phi) is 2.04. The molecule has 0 saturated heterocycles. The Morgan fingerprint density at radius 2 is 2.00 bits per heavy atom. The van der Waals surface area contributed by atoms with Crippen molar-refractivity contribution in [1.29, 1.82) is 0 Å². The van der Waals surface area contributed by atoms with E-state index in [4.69, 9.17) is 10.2 Å². The summed E-state index contributed by atoms with van der Waals surface area (Å²) in [5.74, 6) is -0.207. The smallest absolute Gasteiger partial charge is 0.249 e. The molecule has 3 aromatic rings. The highest BCUT2D eigenvalue weighted by Crippen LogP contribution is 2.27. The van der Waals surface area contributed by atoms with Crippen molar-refractivity contribution in [2.75, 3.05) is 5.73 Å². The van der Waals surface area contributed by atoms with E-state index in [0.717, 1.165) is 0 Å². The van der Waals surface area contributed by atoms with Crippen LogP contribution in [0.4, 0.5) is 10.1 Å². The van der Waals surface area contributed by atoms with E-state index in [1.54, 1.807) is 24.3 Å². The fourth-order valence-corrected chi connectivity index (χ4v) is 1.60. The molecule has 2 aromatic heterocycles. The molecule has 0 aliphatic carbocycles. The highest BCUT2D eigenvalue weighted by Gasteiger charge is 2.13. The molecule has 3 rings (SSSR count). The summed E-state index contributed by atoms with van der Waals surface area (Å²) in [7, 11) is 0. The van der Waals surface area contributed by atoms with E-state index >= 15 is 0 Å². The van der Waals surface area contributed by atoms with Gasteiger partial charge in [0.2, 0.25) is 11.6 Å². The summed E-state index contributed by atoms with van der Waals surface area (Å²) in [5.41, 5.74) is 7.24. The van der Waals surface area contributed by atoms with Crippen LogP contribution in [-0.2, 0) is 0 Å². The number of hydrogen-bond acceptors (Lipinski definition) is 4. The largest absolute Gasteiger partial charge is 0.417 e. The lowest BCUT2D eigenvalue weighted by Crippen LogP contribution is -1.87. The van der Waals surface area contributed by atoms with Crippen LogP contribution in [-0.4, -0.2) is 9.97 Å². The maximum atomic E-state index is 13.6. The molecule has 0 amide bonds. The monoisotopic (exact) mass is 229 g/mol. The molecule has 0 fully saturated rings. The lowest BCUT2D eigenvalue weighted by Gasteiger charge is -1.95. The molecule has 2 N–H and O–H groups in total. The molecular weight excluding hydrogens is 221 g/mol. The number of hydrogen-bond donors (Lipinski definition) is 1. The number of halogens is 1. The molecule has 4 nitrogen and oxygen atoms in total. The Balaban J connectivity index is 2.26. The first kappa shape index (κ1) is 9.77. The second-order valence-electron chi connectivity index (χ2n) is 3.55.